The van der Waals surface area contributed by atoms with Crippen molar-refractivity contribution in [3.8, 4) is 0 Å². The van der Waals surface area contributed by atoms with E-state index in [1.807, 2.05) is 26.8 Å². The second-order valence-electron chi connectivity index (χ2n) is 9.70. The van der Waals surface area contributed by atoms with Gasteiger partial charge in [-0.1, -0.05) is 30.7 Å². The maximum Gasteiger partial charge on any atom is 0.250 e. The van der Waals surface area contributed by atoms with Crippen LogP contribution < -0.4 is 10.6 Å². The number of benzene rings is 1. The smallest absolute Gasteiger partial charge is 0.250 e. The Balaban J connectivity index is 1.77. The van der Waals surface area contributed by atoms with E-state index in [0.29, 0.717) is 36.5 Å². The Morgan fingerprint density at radius 2 is 2.03 bits per heavy atom. The first kappa shape index (κ1) is 24.0. The van der Waals surface area contributed by atoms with Gasteiger partial charge in [-0.3, -0.25) is 14.4 Å². The van der Waals surface area contributed by atoms with Gasteiger partial charge in [-0.05, 0) is 50.7 Å². The first-order chi connectivity index (χ1) is 15.6. The topological polar surface area (TPSA) is 108 Å². The Kier molecular flexibility index (Phi) is 6.22. The molecular weight excluding hydrogens is 446 g/mol. The number of unbranched alkanes of at least 4 members (excludes halogenated alkanes) is 1. The molecule has 3 unspecified atom stereocenters. The number of hydrogen-bond acceptors (Lipinski definition) is 5. The van der Waals surface area contributed by atoms with Gasteiger partial charge in [-0.25, -0.2) is 0 Å². The highest BCUT2D eigenvalue weighted by Gasteiger charge is 2.79. The lowest BCUT2D eigenvalue weighted by molar-refractivity contribution is -0.146. The van der Waals surface area contributed by atoms with Gasteiger partial charge in [0.25, 0.3) is 0 Å². The molecule has 3 saturated heterocycles. The lowest BCUT2D eigenvalue weighted by Crippen LogP contribution is -2.54. The molecule has 6 atom stereocenters. The predicted molar refractivity (Wildman–Crippen MR) is 124 cm³/mol. The molecule has 3 aliphatic rings. The molecule has 3 amide bonds. The number of ether oxygens (including phenoxy) is 1. The molecule has 8 nitrogen and oxygen atoms in total. The lowest BCUT2D eigenvalue weighted by Gasteiger charge is -2.36. The SMILES string of the molecule is CNC(=O)[C@@H]1[C@H]2C(=O)N(CCCCO)C(C(=O)Nc3c(C)cccc3Cl)C23CC(C)[C@@]1(C)O3. The molecule has 3 aliphatic heterocycles. The Morgan fingerprint density at radius 3 is 2.67 bits per heavy atom. The molecule has 9 heteroatoms. The third-order valence-corrected chi connectivity index (χ3v) is 8.18. The molecule has 0 radical (unpaired) electrons. The van der Waals surface area contributed by atoms with Crippen LogP contribution in [0, 0.1) is 24.7 Å². The molecule has 2 bridgehead atoms. The van der Waals surface area contributed by atoms with Gasteiger partial charge in [0.15, 0.2) is 0 Å². The zero-order valence-electron chi connectivity index (χ0n) is 19.5. The number of carbonyl (C=O) groups excluding carboxylic acids is 3. The summed E-state index contributed by atoms with van der Waals surface area (Å²) in [7, 11) is 1.55. The number of likely N-dealkylation sites (tertiary alicyclic amines) is 1. The van der Waals surface area contributed by atoms with Crippen molar-refractivity contribution in [2.75, 3.05) is 25.5 Å². The largest absolute Gasteiger partial charge is 0.396 e. The number of halogens is 1. The normalized spacial score (nSPS) is 34.5. The standard InChI is InChI=1S/C24H32ClN3O5/c1-13-8-7-9-15(25)18(13)27-21(31)19-24-12-14(2)23(3,33-24)16(20(30)26-4)17(24)22(32)28(19)10-5-6-11-29/h7-9,14,16-17,19,29H,5-6,10-12H2,1-4H3,(H,26,30)(H,27,31)/t14?,16-,17-,19?,23+,24?/m0/s1. The number of nitrogens with zero attached hydrogens (tertiary/aromatic N) is 1. The highest BCUT2D eigenvalue weighted by atomic mass is 35.5. The first-order valence-corrected chi connectivity index (χ1v) is 11.9. The summed E-state index contributed by atoms with van der Waals surface area (Å²) < 4.78 is 6.59. The molecule has 180 valence electrons. The summed E-state index contributed by atoms with van der Waals surface area (Å²) in [4.78, 5) is 42.0. The molecule has 0 saturated carbocycles. The van der Waals surface area contributed by atoms with Crippen molar-refractivity contribution in [2.45, 2.75) is 57.3 Å². The molecule has 0 aromatic heterocycles. The Bertz CT molecular complexity index is 967. The van der Waals surface area contributed by atoms with Gasteiger partial charge < -0.3 is 25.4 Å². The lowest BCUT2D eigenvalue weighted by atomic mass is 9.62. The van der Waals surface area contributed by atoms with Crippen LogP contribution in [-0.2, 0) is 19.1 Å². The van der Waals surface area contributed by atoms with Crippen molar-refractivity contribution >= 4 is 35.0 Å². The predicted octanol–water partition coefficient (Wildman–Crippen LogP) is 2.12. The van der Waals surface area contributed by atoms with Crippen LogP contribution in [0.1, 0.15) is 38.7 Å². The number of hydrogen-bond donors (Lipinski definition) is 3. The molecule has 3 N–H and O–H groups in total. The van der Waals surface area contributed by atoms with Gasteiger partial charge in [0.2, 0.25) is 17.7 Å². The maximum atomic E-state index is 13.8. The molecule has 0 aliphatic carbocycles. The number of aliphatic hydroxyl groups is 1. The van der Waals surface area contributed by atoms with E-state index in [0.717, 1.165) is 5.56 Å². The number of fused-ring (bicyclic) bond motifs is 1. The van der Waals surface area contributed by atoms with Crippen molar-refractivity contribution in [3.05, 3.63) is 28.8 Å². The summed E-state index contributed by atoms with van der Waals surface area (Å²) >= 11 is 6.36. The van der Waals surface area contributed by atoms with E-state index < -0.39 is 29.1 Å². The number of rotatable bonds is 7. The summed E-state index contributed by atoms with van der Waals surface area (Å²) in [6.07, 6.45) is 1.55. The van der Waals surface area contributed by atoms with Gasteiger partial charge in [-0.15, -0.1) is 0 Å². The summed E-state index contributed by atoms with van der Waals surface area (Å²) in [5, 5.41) is 15.3. The third-order valence-electron chi connectivity index (χ3n) is 7.87. The van der Waals surface area contributed by atoms with Gasteiger partial charge in [0, 0.05) is 20.2 Å². The summed E-state index contributed by atoms with van der Waals surface area (Å²) in [6.45, 7) is 6.03. The number of aliphatic hydroxyl groups excluding tert-OH is 1. The second-order valence-corrected chi connectivity index (χ2v) is 10.1. The van der Waals surface area contributed by atoms with Crippen molar-refractivity contribution in [3.63, 3.8) is 0 Å². The number of amides is 3. The van der Waals surface area contributed by atoms with E-state index in [1.54, 1.807) is 24.1 Å². The van der Waals surface area contributed by atoms with Gasteiger partial charge in [0.1, 0.15) is 11.6 Å². The summed E-state index contributed by atoms with van der Waals surface area (Å²) in [5.41, 5.74) is -0.625. The van der Waals surface area contributed by atoms with E-state index in [4.69, 9.17) is 16.3 Å². The third kappa shape index (κ3) is 3.45. The minimum absolute atomic E-state index is 0.00124. The average Bonchev–Trinajstić information content (AvgIpc) is 3.27. The van der Waals surface area contributed by atoms with Gasteiger partial charge in [-0.2, -0.15) is 0 Å². The molecule has 1 aromatic carbocycles. The van der Waals surface area contributed by atoms with Crippen molar-refractivity contribution < 1.29 is 24.2 Å². The van der Waals surface area contributed by atoms with E-state index in [2.05, 4.69) is 10.6 Å². The number of carbonyl (C=O) groups is 3. The van der Waals surface area contributed by atoms with E-state index in [-0.39, 0.29) is 30.2 Å². The number of anilines is 1. The van der Waals surface area contributed by atoms with Gasteiger partial charge >= 0.3 is 0 Å². The minimum Gasteiger partial charge on any atom is -0.396 e. The number of para-hydroxylation sites is 1. The quantitative estimate of drug-likeness (QED) is 0.521. The minimum atomic E-state index is -1.10. The van der Waals surface area contributed by atoms with Gasteiger partial charge in [0.05, 0.1) is 28.1 Å². The van der Waals surface area contributed by atoms with Crippen LogP contribution in [0.4, 0.5) is 5.69 Å². The zero-order chi connectivity index (χ0) is 24.1. The highest BCUT2D eigenvalue weighted by molar-refractivity contribution is 6.34. The van der Waals surface area contributed by atoms with E-state index in [9.17, 15) is 19.5 Å². The number of nitrogens with one attached hydrogen (secondary N) is 2. The Labute approximate surface area is 199 Å². The maximum absolute atomic E-state index is 13.8. The Hall–Kier alpha value is -2.16. The van der Waals surface area contributed by atoms with E-state index >= 15 is 0 Å². The fourth-order valence-corrected chi connectivity index (χ4v) is 6.48. The van der Waals surface area contributed by atoms with Crippen LogP contribution in [0.25, 0.3) is 0 Å². The molecule has 1 aromatic rings. The van der Waals surface area contributed by atoms with Crippen LogP contribution in [0.15, 0.2) is 18.2 Å². The molecule has 4 rings (SSSR count). The molecule has 33 heavy (non-hydrogen) atoms. The fourth-order valence-electron chi connectivity index (χ4n) is 6.21. The highest BCUT2D eigenvalue weighted by Crippen LogP contribution is 2.65. The zero-order valence-corrected chi connectivity index (χ0v) is 20.2. The van der Waals surface area contributed by atoms with Crippen molar-refractivity contribution in [1.29, 1.82) is 0 Å². The van der Waals surface area contributed by atoms with Crippen LogP contribution in [0.3, 0.4) is 0 Å². The number of aryl methyl sites for hydroxylation is 1. The van der Waals surface area contributed by atoms with Crippen LogP contribution in [0.5, 0.6) is 0 Å². The summed E-state index contributed by atoms with van der Waals surface area (Å²) in [6, 6.07) is 4.46. The van der Waals surface area contributed by atoms with Crippen LogP contribution >= 0.6 is 11.6 Å². The van der Waals surface area contributed by atoms with Crippen LogP contribution in [-0.4, -0.2) is 65.2 Å². The molecule has 3 heterocycles. The van der Waals surface area contributed by atoms with Crippen molar-refractivity contribution in [2.24, 2.45) is 17.8 Å². The molecular formula is C24H32ClN3O5. The monoisotopic (exact) mass is 477 g/mol. The Morgan fingerprint density at radius 1 is 1.30 bits per heavy atom. The van der Waals surface area contributed by atoms with Crippen LogP contribution in [0.2, 0.25) is 5.02 Å². The first-order valence-electron chi connectivity index (χ1n) is 11.5. The van der Waals surface area contributed by atoms with E-state index in [1.165, 1.54) is 0 Å². The summed E-state index contributed by atoms with van der Waals surface area (Å²) in [5.74, 6) is -2.30. The fraction of sp³-hybridized carbons (Fsp3) is 0.625. The average molecular weight is 478 g/mol. The second kappa shape index (κ2) is 8.56. The molecule has 1 spiro atoms. The molecule has 3 fully saturated rings. The van der Waals surface area contributed by atoms with Crippen molar-refractivity contribution in [1.82, 2.24) is 10.2 Å².